The molecule has 0 fully saturated rings. The number of benzene rings is 2. The molecule has 6 nitrogen and oxygen atoms in total. The molecule has 2 aromatic rings. The summed E-state index contributed by atoms with van der Waals surface area (Å²) in [6.07, 6.45) is 0. The summed E-state index contributed by atoms with van der Waals surface area (Å²) >= 11 is 0. The van der Waals surface area contributed by atoms with Crippen LogP contribution < -0.4 is 15.4 Å². The first-order chi connectivity index (χ1) is 13.9. The number of hydrogen-bond donors (Lipinski definition) is 2. The van der Waals surface area contributed by atoms with E-state index in [1.54, 1.807) is 20.2 Å². The molecule has 0 heterocycles. The number of ether oxygens (including phenoxy) is 1. The molecule has 0 atom stereocenters. The Morgan fingerprint density at radius 1 is 1.13 bits per heavy atom. The molecule has 1 amide bonds. The monoisotopic (exact) mass is 532 g/mol. The Kier molecular flexibility index (Phi) is 11.1. The molecule has 0 aliphatic rings. The number of hydrogen-bond acceptors (Lipinski definition) is 3. The molecule has 0 radical (unpaired) electrons. The number of halogens is 3. The lowest BCUT2D eigenvalue weighted by atomic mass is 10.2. The fourth-order valence-electron chi connectivity index (χ4n) is 2.38. The van der Waals surface area contributed by atoms with E-state index >= 15 is 0 Å². The third-order valence-corrected chi connectivity index (χ3v) is 3.98. The van der Waals surface area contributed by atoms with Gasteiger partial charge in [0.1, 0.15) is 17.4 Å². The lowest BCUT2D eigenvalue weighted by molar-refractivity contribution is -0.130. The average molecular weight is 532 g/mol. The Bertz CT molecular complexity index is 863. The van der Waals surface area contributed by atoms with Gasteiger partial charge in [-0.2, -0.15) is 0 Å². The molecule has 2 rings (SSSR count). The summed E-state index contributed by atoms with van der Waals surface area (Å²) in [6, 6.07) is 10.6. The Hall–Kier alpha value is -2.43. The van der Waals surface area contributed by atoms with Crippen LogP contribution in [0.25, 0.3) is 0 Å². The van der Waals surface area contributed by atoms with E-state index < -0.39 is 11.6 Å². The second kappa shape index (κ2) is 13.0. The van der Waals surface area contributed by atoms with Crippen molar-refractivity contribution in [1.29, 1.82) is 0 Å². The molecule has 0 spiro atoms. The number of likely N-dealkylation sites (N-methyl/N-ethyl adjacent to an activating group) is 1. The molecule has 9 heteroatoms. The summed E-state index contributed by atoms with van der Waals surface area (Å²) in [5.41, 5.74) is 1.10. The van der Waals surface area contributed by atoms with E-state index in [1.807, 2.05) is 25.1 Å². The van der Waals surface area contributed by atoms with Gasteiger partial charge in [0.2, 0.25) is 0 Å². The highest BCUT2D eigenvalue weighted by atomic mass is 127. The van der Waals surface area contributed by atoms with E-state index in [0.717, 1.165) is 23.8 Å². The van der Waals surface area contributed by atoms with Crippen molar-refractivity contribution in [2.24, 2.45) is 4.99 Å². The highest BCUT2D eigenvalue weighted by Crippen LogP contribution is 2.14. The van der Waals surface area contributed by atoms with Crippen LogP contribution in [0.3, 0.4) is 0 Å². The highest BCUT2D eigenvalue weighted by Gasteiger charge is 2.07. The quantitative estimate of drug-likeness (QED) is 0.311. The van der Waals surface area contributed by atoms with Crippen LogP contribution >= 0.6 is 24.0 Å². The van der Waals surface area contributed by atoms with Crippen molar-refractivity contribution in [3.8, 4) is 5.75 Å². The number of guanidine groups is 1. The van der Waals surface area contributed by atoms with Crippen LogP contribution in [-0.4, -0.2) is 44.0 Å². The van der Waals surface area contributed by atoms with Crippen molar-refractivity contribution >= 4 is 35.8 Å². The SMILES string of the molecule is CCNC(=NCc1cccc(OCC(=O)N(C)C)c1)NCc1cc(F)ccc1F.I. The molecule has 0 saturated carbocycles. The molecule has 164 valence electrons. The minimum Gasteiger partial charge on any atom is -0.484 e. The molecule has 0 aromatic heterocycles. The lowest BCUT2D eigenvalue weighted by Gasteiger charge is -2.13. The Morgan fingerprint density at radius 2 is 1.90 bits per heavy atom. The van der Waals surface area contributed by atoms with E-state index in [1.165, 1.54) is 4.90 Å². The fourth-order valence-corrected chi connectivity index (χ4v) is 2.38. The van der Waals surface area contributed by atoms with Crippen molar-refractivity contribution in [3.63, 3.8) is 0 Å². The number of nitrogens with one attached hydrogen (secondary N) is 2. The molecule has 2 aromatic carbocycles. The zero-order valence-electron chi connectivity index (χ0n) is 17.2. The van der Waals surface area contributed by atoms with Crippen LogP contribution in [0.1, 0.15) is 18.1 Å². The normalized spacial score (nSPS) is 10.8. The number of amides is 1. The van der Waals surface area contributed by atoms with Crippen LogP contribution in [0.5, 0.6) is 5.75 Å². The standard InChI is InChI=1S/C21H26F2N4O2.HI/c1-4-24-21(26-13-16-11-17(22)8-9-19(16)23)25-12-15-6-5-7-18(10-15)29-14-20(28)27(2)3;/h5-11H,4,12-14H2,1-3H3,(H2,24,25,26);1H. The van der Waals surface area contributed by atoms with Crippen molar-refractivity contribution in [3.05, 3.63) is 65.2 Å². The zero-order chi connectivity index (χ0) is 21.2. The van der Waals surface area contributed by atoms with Crippen LogP contribution in [0.2, 0.25) is 0 Å². The second-order valence-electron chi connectivity index (χ2n) is 6.51. The molecule has 0 saturated heterocycles. The fraction of sp³-hybridized carbons (Fsp3) is 0.333. The predicted molar refractivity (Wildman–Crippen MR) is 124 cm³/mol. The first-order valence-corrected chi connectivity index (χ1v) is 9.27. The summed E-state index contributed by atoms with van der Waals surface area (Å²) in [4.78, 5) is 17.6. The maximum atomic E-state index is 13.8. The van der Waals surface area contributed by atoms with Gasteiger partial charge in [-0.15, -0.1) is 24.0 Å². The van der Waals surface area contributed by atoms with Crippen LogP contribution in [-0.2, 0) is 17.9 Å². The summed E-state index contributed by atoms with van der Waals surface area (Å²) in [7, 11) is 3.34. The first kappa shape index (κ1) is 25.6. The van der Waals surface area contributed by atoms with Crippen molar-refractivity contribution in [2.45, 2.75) is 20.0 Å². The predicted octanol–water partition coefficient (Wildman–Crippen LogP) is 3.31. The van der Waals surface area contributed by atoms with Crippen LogP contribution in [0.4, 0.5) is 8.78 Å². The van der Waals surface area contributed by atoms with Crippen LogP contribution in [0, 0.1) is 11.6 Å². The molecular weight excluding hydrogens is 505 g/mol. The average Bonchev–Trinajstić information content (AvgIpc) is 2.70. The third-order valence-electron chi connectivity index (χ3n) is 3.98. The molecule has 0 aliphatic carbocycles. The first-order valence-electron chi connectivity index (χ1n) is 9.27. The number of carbonyl (C=O) groups excluding carboxylic acids is 1. The van der Waals surface area contributed by atoms with Gasteiger partial charge in [-0.25, -0.2) is 13.8 Å². The minimum atomic E-state index is -0.491. The maximum Gasteiger partial charge on any atom is 0.259 e. The summed E-state index contributed by atoms with van der Waals surface area (Å²) in [5.74, 6) is -0.0452. The number of rotatable bonds is 8. The number of carbonyl (C=O) groups is 1. The van der Waals surface area contributed by atoms with Crippen LogP contribution in [0.15, 0.2) is 47.5 Å². The summed E-state index contributed by atoms with van der Waals surface area (Å²) in [6.45, 7) is 2.94. The van der Waals surface area contributed by atoms with Gasteiger partial charge in [0.25, 0.3) is 5.91 Å². The van der Waals surface area contributed by atoms with Gasteiger partial charge in [0, 0.05) is 32.7 Å². The van der Waals surface area contributed by atoms with Crippen molar-refractivity contribution in [2.75, 3.05) is 27.2 Å². The minimum absolute atomic E-state index is 0. The number of aliphatic imine (C=N–C) groups is 1. The van der Waals surface area contributed by atoms with E-state index in [4.69, 9.17) is 4.74 Å². The van der Waals surface area contributed by atoms with Gasteiger partial charge in [-0.3, -0.25) is 4.79 Å². The maximum absolute atomic E-state index is 13.8. The van der Waals surface area contributed by atoms with Crippen molar-refractivity contribution in [1.82, 2.24) is 15.5 Å². The molecular formula is C21H27F2IN4O2. The van der Waals surface area contributed by atoms with Gasteiger partial charge in [-0.05, 0) is 42.8 Å². The molecule has 0 unspecified atom stereocenters. The third kappa shape index (κ3) is 8.52. The van der Waals surface area contributed by atoms with E-state index in [9.17, 15) is 13.6 Å². The van der Waals surface area contributed by atoms with Crippen molar-refractivity contribution < 1.29 is 18.3 Å². The Morgan fingerprint density at radius 3 is 2.60 bits per heavy atom. The highest BCUT2D eigenvalue weighted by molar-refractivity contribution is 14.0. The number of nitrogens with zero attached hydrogens (tertiary/aromatic N) is 2. The summed E-state index contributed by atoms with van der Waals surface area (Å²) < 4.78 is 32.6. The smallest absolute Gasteiger partial charge is 0.259 e. The molecule has 0 aliphatic heterocycles. The van der Waals surface area contributed by atoms with Gasteiger partial charge in [0.05, 0.1) is 6.54 Å². The van der Waals surface area contributed by atoms with Gasteiger partial charge in [0.15, 0.2) is 12.6 Å². The molecule has 2 N–H and O–H groups in total. The van der Waals surface area contributed by atoms with Gasteiger partial charge < -0.3 is 20.3 Å². The topological polar surface area (TPSA) is 66.0 Å². The van der Waals surface area contributed by atoms with Gasteiger partial charge in [-0.1, -0.05) is 12.1 Å². The van der Waals surface area contributed by atoms with E-state index in [0.29, 0.717) is 24.8 Å². The summed E-state index contributed by atoms with van der Waals surface area (Å²) in [5, 5.41) is 6.06. The Balaban J connectivity index is 0.00000450. The Labute approximate surface area is 192 Å². The van der Waals surface area contributed by atoms with Gasteiger partial charge >= 0.3 is 0 Å². The molecule has 30 heavy (non-hydrogen) atoms. The van der Waals surface area contributed by atoms with E-state index in [-0.39, 0.29) is 48.6 Å². The zero-order valence-corrected chi connectivity index (χ0v) is 19.6. The lowest BCUT2D eigenvalue weighted by Crippen LogP contribution is -2.37. The second-order valence-corrected chi connectivity index (χ2v) is 6.51. The molecule has 0 bridgehead atoms. The largest absolute Gasteiger partial charge is 0.484 e. The van der Waals surface area contributed by atoms with E-state index in [2.05, 4.69) is 15.6 Å².